The lowest BCUT2D eigenvalue weighted by Gasteiger charge is -2.13. The fourth-order valence-electron chi connectivity index (χ4n) is 3.09. The van der Waals surface area contributed by atoms with E-state index in [1.165, 1.54) is 42.5 Å². The number of carbonyl (C=O) groups is 3. The molecule has 0 saturated carbocycles. The van der Waals surface area contributed by atoms with Crippen LogP contribution in [0.4, 0.5) is 10.1 Å². The highest BCUT2D eigenvalue weighted by atomic mass is 19.1. The summed E-state index contributed by atoms with van der Waals surface area (Å²) in [7, 11) is 0. The number of imide groups is 1. The number of hydrogen-bond acceptors (Lipinski definition) is 5. The van der Waals surface area contributed by atoms with Crippen molar-refractivity contribution in [1.29, 1.82) is 0 Å². The minimum atomic E-state index is -0.630. The minimum Gasteiger partial charge on any atom is -0.490 e. The highest BCUT2D eigenvalue weighted by molar-refractivity contribution is 6.34. The topological polar surface area (TPSA) is 72.9 Å². The zero-order valence-electron chi connectivity index (χ0n) is 15.7. The first-order chi connectivity index (χ1) is 14.5. The van der Waals surface area contributed by atoms with E-state index >= 15 is 0 Å². The van der Waals surface area contributed by atoms with Gasteiger partial charge in [-0.05, 0) is 54.6 Å². The minimum absolute atomic E-state index is 0.0272. The molecule has 2 amide bonds. The zero-order chi connectivity index (χ0) is 21.1. The van der Waals surface area contributed by atoms with E-state index in [4.69, 9.17) is 9.47 Å². The number of ether oxygens (including phenoxy) is 2. The Balaban J connectivity index is 1.43. The molecule has 1 aliphatic heterocycles. The van der Waals surface area contributed by atoms with E-state index in [2.05, 4.69) is 0 Å². The Bertz CT molecular complexity index is 1110. The molecule has 0 saturated heterocycles. The second-order valence-corrected chi connectivity index (χ2v) is 6.48. The largest absolute Gasteiger partial charge is 0.490 e. The monoisotopic (exact) mass is 405 g/mol. The Morgan fingerprint density at radius 3 is 2.27 bits per heavy atom. The molecule has 30 heavy (non-hydrogen) atoms. The van der Waals surface area contributed by atoms with Crippen LogP contribution in [0.1, 0.15) is 31.1 Å². The van der Waals surface area contributed by atoms with Gasteiger partial charge in [0.25, 0.3) is 11.8 Å². The Hall–Kier alpha value is -4.00. The molecule has 0 fully saturated rings. The van der Waals surface area contributed by atoms with Gasteiger partial charge >= 0.3 is 5.97 Å². The summed E-state index contributed by atoms with van der Waals surface area (Å²) >= 11 is 0. The van der Waals surface area contributed by atoms with Crippen molar-refractivity contribution >= 4 is 23.5 Å². The molecule has 150 valence electrons. The third kappa shape index (κ3) is 3.77. The van der Waals surface area contributed by atoms with Crippen LogP contribution >= 0.6 is 0 Å². The maximum atomic E-state index is 13.1. The van der Waals surface area contributed by atoms with Crippen LogP contribution in [0.2, 0.25) is 0 Å². The Morgan fingerprint density at radius 2 is 1.53 bits per heavy atom. The molecule has 0 aromatic heterocycles. The summed E-state index contributed by atoms with van der Waals surface area (Å²) in [4.78, 5) is 38.6. The van der Waals surface area contributed by atoms with E-state index in [0.717, 1.165) is 4.90 Å². The van der Waals surface area contributed by atoms with Gasteiger partial charge in [0.1, 0.15) is 24.8 Å². The smallest absolute Gasteiger partial charge is 0.338 e. The molecular formula is C23H16FNO5. The average Bonchev–Trinajstić information content (AvgIpc) is 3.02. The van der Waals surface area contributed by atoms with Crippen LogP contribution in [0.25, 0.3) is 0 Å². The van der Waals surface area contributed by atoms with Crippen LogP contribution in [0, 0.1) is 5.82 Å². The fraction of sp³-hybridized carbons (Fsp3) is 0.0870. The van der Waals surface area contributed by atoms with Gasteiger partial charge in [0, 0.05) is 0 Å². The predicted octanol–water partition coefficient (Wildman–Crippen LogP) is 3.86. The summed E-state index contributed by atoms with van der Waals surface area (Å²) in [6.07, 6.45) is 0. The number of fused-ring (bicyclic) bond motifs is 1. The highest BCUT2D eigenvalue weighted by Crippen LogP contribution is 2.29. The second kappa shape index (κ2) is 8.16. The van der Waals surface area contributed by atoms with Gasteiger partial charge in [0.05, 0.1) is 22.4 Å². The number of rotatable bonds is 6. The third-order valence-electron chi connectivity index (χ3n) is 4.54. The summed E-state index contributed by atoms with van der Waals surface area (Å²) in [5.74, 6) is -1.55. The molecule has 3 aromatic carbocycles. The molecule has 6 nitrogen and oxygen atoms in total. The van der Waals surface area contributed by atoms with Crippen molar-refractivity contribution < 1.29 is 28.2 Å². The number of anilines is 1. The van der Waals surface area contributed by atoms with Crippen molar-refractivity contribution in [1.82, 2.24) is 0 Å². The SMILES string of the molecule is O=C(OCCOc1ccccc1)c1ccc2c(c1)C(=O)N(c1ccc(F)cc1)C2=O. The maximum Gasteiger partial charge on any atom is 0.338 e. The van der Waals surface area contributed by atoms with Gasteiger partial charge in [0.15, 0.2) is 0 Å². The second-order valence-electron chi connectivity index (χ2n) is 6.48. The van der Waals surface area contributed by atoms with Gasteiger partial charge < -0.3 is 9.47 Å². The van der Waals surface area contributed by atoms with Gasteiger partial charge in [-0.2, -0.15) is 0 Å². The number of benzene rings is 3. The zero-order valence-corrected chi connectivity index (χ0v) is 15.7. The van der Waals surface area contributed by atoms with Crippen molar-refractivity contribution in [3.05, 3.63) is 95.3 Å². The van der Waals surface area contributed by atoms with E-state index in [1.54, 1.807) is 12.1 Å². The molecule has 0 N–H and O–H groups in total. The summed E-state index contributed by atoms with van der Waals surface area (Å²) < 4.78 is 23.8. The first-order valence-corrected chi connectivity index (χ1v) is 9.18. The van der Waals surface area contributed by atoms with Gasteiger partial charge in [-0.3, -0.25) is 9.59 Å². The first-order valence-electron chi connectivity index (χ1n) is 9.18. The van der Waals surface area contributed by atoms with Crippen LogP contribution in [0.15, 0.2) is 72.8 Å². The highest BCUT2D eigenvalue weighted by Gasteiger charge is 2.37. The van der Waals surface area contributed by atoms with E-state index in [0.29, 0.717) is 5.75 Å². The Labute approximate surface area is 171 Å². The number of esters is 1. The van der Waals surface area contributed by atoms with Gasteiger partial charge in [-0.1, -0.05) is 18.2 Å². The van der Waals surface area contributed by atoms with Crippen LogP contribution in [-0.2, 0) is 4.74 Å². The number of para-hydroxylation sites is 1. The molecule has 0 atom stereocenters. The first kappa shape index (κ1) is 19.3. The van der Waals surface area contributed by atoms with Crippen LogP contribution in [-0.4, -0.2) is 31.0 Å². The maximum absolute atomic E-state index is 13.1. The summed E-state index contributed by atoms with van der Waals surface area (Å²) in [6.45, 7) is 0.204. The van der Waals surface area contributed by atoms with E-state index in [1.807, 2.05) is 18.2 Å². The van der Waals surface area contributed by atoms with Gasteiger partial charge in [0.2, 0.25) is 0 Å². The van der Waals surface area contributed by atoms with Crippen molar-refractivity contribution in [2.75, 3.05) is 18.1 Å². The van der Waals surface area contributed by atoms with Crippen LogP contribution < -0.4 is 9.64 Å². The quantitative estimate of drug-likeness (QED) is 0.354. The van der Waals surface area contributed by atoms with Gasteiger partial charge in [-0.15, -0.1) is 0 Å². The number of amides is 2. The molecule has 1 heterocycles. The molecule has 0 radical (unpaired) electrons. The molecule has 0 unspecified atom stereocenters. The van der Waals surface area contributed by atoms with Crippen molar-refractivity contribution in [2.45, 2.75) is 0 Å². The van der Waals surface area contributed by atoms with Crippen molar-refractivity contribution in [3.8, 4) is 5.75 Å². The Morgan fingerprint density at radius 1 is 0.833 bits per heavy atom. The number of hydrogen-bond donors (Lipinski definition) is 0. The van der Waals surface area contributed by atoms with E-state index in [-0.39, 0.29) is 35.6 Å². The molecule has 0 aliphatic carbocycles. The molecule has 7 heteroatoms. The van der Waals surface area contributed by atoms with Crippen molar-refractivity contribution in [2.24, 2.45) is 0 Å². The summed E-state index contributed by atoms with van der Waals surface area (Å²) in [5, 5.41) is 0. The lowest BCUT2D eigenvalue weighted by molar-refractivity contribution is 0.0450. The molecule has 0 bridgehead atoms. The fourth-order valence-corrected chi connectivity index (χ4v) is 3.09. The van der Waals surface area contributed by atoms with Crippen LogP contribution in [0.5, 0.6) is 5.75 Å². The normalized spacial score (nSPS) is 12.6. The summed E-state index contributed by atoms with van der Waals surface area (Å²) in [6, 6.07) is 18.3. The third-order valence-corrected chi connectivity index (χ3v) is 4.54. The Kier molecular flexibility index (Phi) is 5.26. The molecular weight excluding hydrogens is 389 g/mol. The molecule has 0 spiro atoms. The summed E-state index contributed by atoms with van der Waals surface area (Å²) in [5.41, 5.74) is 0.674. The standard InChI is InChI=1S/C23H16FNO5/c24-16-7-9-17(10-8-16)25-21(26)19-11-6-15(14-20(19)22(25)27)23(28)30-13-12-29-18-4-2-1-3-5-18/h1-11,14H,12-13H2. The average molecular weight is 405 g/mol. The molecule has 1 aliphatic rings. The number of carbonyl (C=O) groups excluding carboxylic acids is 3. The molecule has 3 aromatic rings. The molecule has 4 rings (SSSR count). The number of nitrogens with zero attached hydrogens (tertiary/aromatic N) is 1. The number of halogens is 1. The van der Waals surface area contributed by atoms with Gasteiger partial charge in [-0.25, -0.2) is 14.1 Å². The van der Waals surface area contributed by atoms with E-state index in [9.17, 15) is 18.8 Å². The lowest BCUT2D eigenvalue weighted by atomic mass is 10.1. The predicted molar refractivity (Wildman–Crippen MR) is 106 cm³/mol. The van der Waals surface area contributed by atoms with Crippen LogP contribution in [0.3, 0.4) is 0 Å². The van der Waals surface area contributed by atoms with Crippen molar-refractivity contribution in [3.63, 3.8) is 0 Å². The lowest BCUT2D eigenvalue weighted by Crippen LogP contribution is -2.29. The van der Waals surface area contributed by atoms with E-state index < -0.39 is 23.6 Å².